The molecule has 1 amide bonds. The molecule has 2 aromatic heterocycles. The van der Waals surface area contributed by atoms with Crippen molar-refractivity contribution in [1.82, 2.24) is 19.7 Å². The van der Waals surface area contributed by atoms with E-state index in [9.17, 15) is 14.3 Å². The number of β-amino-alcohol motifs (C(OH)–C–C–N with tert-alkyl or cyclic N) is 1. The number of benzene rings is 2. The van der Waals surface area contributed by atoms with E-state index in [-0.39, 0.29) is 31.5 Å². The summed E-state index contributed by atoms with van der Waals surface area (Å²) in [5.41, 5.74) is 5.23. The SMILES string of the molecule is O=C1c2c(-c3ccc(OCc4ccc(C5CC5)c(F)c4)cc3)c(-c3ccncc3)nn2CCN1CCO. The van der Waals surface area contributed by atoms with Crippen LogP contribution >= 0.6 is 0 Å². The molecule has 7 nitrogen and oxygen atoms in total. The van der Waals surface area contributed by atoms with Crippen molar-refractivity contribution in [3.05, 3.63) is 89.6 Å². The largest absolute Gasteiger partial charge is 0.489 e. The summed E-state index contributed by atoms with van der Waals surface area (Å²) in [5.74, 6) is 0.709. The van der Waals surface area contributed by atoms with Crippen LogP contribution in [0.2, 0.25) is 0 Å². The fourth-order valence-corrected chi connectivity index (χ4v) is 4.90. The van der Waals surface area contributed by atoms with Crippen molar-refractivity contribution in [1.29, 1.82) is 0 Å². The third-order valence-electron chi connectivity index (χ3n) is 6.98. The van der Waals surface area contributed by atoms with Crippen LogP contribution in [0.25, 0.3) is 22.4 Å². The van der Waals surface area contributed by atoms with Gasteiger partial charge in [-0.25, -0.2) is 4.39 Å². The Bertz CT molecular complexity index is 1430. The Balaban J connectivity index is 1.28. The molecule has 6 rings (SSSR count). The lowest BCUT2D eigenvalue weighted by atomic mass is 9.98. The van der Waals surface area contributed by atoms with Crippen LogP contribution in [0.3, 0.4) is 0 Å². The predicted molar refractivity (Wildman–Crippen MR) is 137 cm³/mol. The molecule has 0 saturated heterocycles. The Hall–Kier alpha value is -4.04. The maximum Gasteiger partial charge on any atom is 0.272 e. The Morgan fingerprint density at radius 1 is 1.00 bits per heavy atom. The summed E-state index contributed by atoms with van der Waals surface area (Å²) in [6.07, 6.45) is 5.53. The Labute approximate surface area is 214 Å². The average molecular weight is 499 g/mol. The van der Waals surface area contributed by atoms with E-state index in [0.29, 0.717) is 36.1 Å². The first-order valence-electron chi connectivity index (χ1n) is 12.6. The molecule has 3 heterocycles. The summed E-state index contributed by atoms with van der Waals surface area (Å²) in [6.45, 7) is 1.50. The first-order valence-corrected chi connectivity index (χ1v) is 12.6. The maximum atomic E-state index is 14.4. The highest BCUT2D eigenvalue weighted by Gasteiger charge is 2.32. The highest BCUT2D eigenvalue weighted by Crippen LogP contribution is 2.41. The van der Waals surface area contributed by atoms with Crippen LogP contribution in [0.4, 0.5) is 4.39 Å². The number of hydrogen-bond acceptors (Lipinski definition) is 5. The molecule has 188 valence electrons. The van der Waals surface area contributed by atoms with Gasteiger partial charge in [0.1, 0.15) is 29.6 Å². The minimum atomic E-state index is -0.159. The number of pyridine rings is 1. The second kappa shape index (κ2) is 9.78. The van der Waals surface area contributed by atoms with Gasteiger partial charge in [0.15, 0.2) is 0 Å². The zero-order chi connectivity index (χ0) is 25.4. The molecule has 0 spiro atoms. The van der Waals surface area contributed by atoms with Gasteiger partial charge in [-0.05, 0) is 65.8 Å². The lowest BCUT2D eigenvalue weighted by Crippen LogP contribution is -2.42. The van der Waals surface area contributed by atoms with Gasteiger partial charge in [0.25, 0.3) is 5.91 Å². The summed E-state index contributed by atoms with van der Waals surface area (Å²) >= 11 is 0. The Morgan fingerprint density at radius 2 is 1.78 bits per heavy atom. The van der Waals surface area contributed by atoms with E-state index in [4.69, 9.17) is 9.84 Å². The quantitative estimate of drug-likeness (QED) is 0.382. The highest BCUT2D eigenvalue weighted by atomic mass is 19.1. The van der Waals surface area contributed by atoms with E-state index in [1.165, 1.54) is 0 Å². The molecule has 1 aliphatic carbocycles. The van der Waals surface area contributed by atoms with Gasteiger partial charge in [-0.3, -0.25) is 14.5 Å². The van der Waals surface area contributed by atoms with Crippen molar-refractivity contribution in [3.8, 4) is 28.1 Å². The minimum Gasteiger partial charge on any atom is -0.489 e. The van der Waals surface area contributed by atoms with Crippen LogP contribution in [-0.4, -0.2) is 50.4 Å². The van der Waals surface area contributed by atoms with E-state index in [1.807, 2.05) is 48.5 Å². The maximum absolute atomic E-state index is 14.4. The van der Waals surface area contributed by atoms with Gasteiger partial charge >= 0.3 is 0 Å². The molecule has 0 bridgehead atoms. The third kappa shape index (κ3) is 4.60. The van der Waals surface area contributed by atoms with Crippen molar-refractivity contribution in [2.75, 3.05) is 19.7 Å². The zero-order valence-corrected chi connectivity index (χ0v) is 20.3. The van der Waals surface area contributed by atoms with Crippen LogP contribution in [0, 0.1) is 5.82 Å². The van der Waals surface area contributed by atoms with Gasteiger partial charge < -0.3 is 14.7 Å². The lowest BCUT2D eigenvalue weighted by Gasteiger charge is -2.27. The molecule has 1 aliphatic heterocycles. The van der Waals surface area contributed by atoms with Crippen molar-refractivity contribution >= 4 is 5.91 Å². The number of ether oxygens (including phenoxy) is 1. The molecule has 0 radical (unpaired) electrons. The number of aliphatic hydroxyl groups is 1. The van der Waals surface area contributed by atoms with Gasteiger partial charge in [-0.15, -0.1) is 0 Å². The number of halogens is 1. The molecule has 37 heavy (non-hydrogen) atoms. The van der Waals surface area contributed by atoms with E-state index in [1.54, 1.807) is 28.0 Å². The predicted octanol–water partition coefficient (Wildman–Crippen LogP) is 4.66. The number of carbonyl (C=O) groups is 1. The minimum absolute atomic E-state index is 0.0916. The molecule has 0 unspecified atom stereocenters. The number of nitrogens with zero attached hydrogens (tertiary/aromatic N) is 4. The molecular weight excluding hydrogens is 471 g/mol. The van der Waals surface area contributed by atoms with E-state index >= 15 is 0 Å². The van der Waals surface area contributed by atoms with E-state index in [0.717, 1.165) is 40.7 Å². The fourth-order valence-electron chi connectivity index (χ4n) is 4.90. The Morgan fingerprint density at radius 3 is 2.49 bits per heavy atom. The van der Waals surface area contributed by atoms with Gasteiger partial charge in [-0.2, -0.15) is 5.10 Å². The van der Waals surface area contributed by atoms with Crippen LogP contribution in [0.5, 0.6) is 5.75 Å². The van der Waals surface area contributed by atoms with E-state index in [2.05, 4.69) is 4.98 Å². The standard InChI is InChI=1S/C29H27FN4O3/c30-25-17-19(1-8-24(25)20-2-3-20)18-37-23-6-4-21(5-7-23)26-27(22-9-11-31-12-10-22)32-34-14-13-33(15-16-35)29(36)28(26)34/h1,4-12,17,20,35H,2-3,13-16,18H2. The highest BCUT2D eigenvalue weighted by molar-refractivity contribution is 6.03. The summed E-state index contributed by atoms with van der Waals surface area (Å²) in [5, 5.41) is 14.2. The first kappa shape index (κ1) is 23.4. The molecule has 2 aromatic carbocycles. The molecule has 0 atom stereocenters. The molecular formula is C29H27FN4O3. The van der Waals surface area contributed by atoms with Gasteiger partial charge in [0, 0.05) is 36.6 Å². The third-order valence-corrected chi connectivity index (χ3v) is 6.98. The molecule has 1 saturated carbocycles. The summed E-state index contributed by atoms with van der Waals surface area (Å²) in [4.78, 5) is 19.1. The topological polar surface area (TPSA) is 80.5 Å². The van der Waals surface area contributed by atoms with Crippen molar-refractivity contribution < 1.29 is 19.0 Å². The summed E-state index contributed by atoms with van der Waals surface area (Å²) < 4.78 is 22.1. The van der Waals surface area contributed by atoms with Crippen LogP contribution < -0.4 is 4.74 Å². The molecule has 4 aromatic rings. The van der Waals surface area contributed by atoms with Gasteiger partial charge in [0.2, 0.25) is 0 Å². The number of aromatic nitrogens is 3. The normalized spacial score (nSPS) is 15.1. The van der Waals surface area contributed by atoms with Crippen LogP contribution in [0.1, 0.15) is 40.4 Å². The molecule has 2 aliphatic rings. The fraction of sp³-hybridized carbons (Fsp3) is 0.276. The van der Waals surface area contributed by atoms with Crippen LogP contribution in [-0.2, 0) is 13.2 Å². The number of amides is 1. The first-order chi connectivity index (χ1) is 18.1. The van der Waals surface area contributed by atoms with Crippen molar-refractivity contribution in [3.63, 3.8) is 0 Å². The van der Waals surface area contributed by atoms with Gasteiger partial charge in [0.05, 0.1) is 13.2 Å². The van der Waals surface area contributed by atoms with Crippen molar-refractivity contribution in [2.45, 2.75) is 31.9 Å². The number of aliphatic hydroxyl groups excluding tert-OH is 1. The van der Waals surface area contributed by atoms with Gasteiger partial charge in [-0.1, -0.05) is 24.3 Å². The second-order valence-electron chi connectivity index (χ2n) is 9.49. The number of carbonyl (C=O) groups excluding carboxylic acids is 1. The lowest BCUT2D eigenvalue weighted by molar-refractivity contribution is 0.0662. The molecule has 1 fully saturated rings. The monoisotopic (exact) mass is 498 g/mol. The Kier molecular flexibility index (Phi) is 6.18. The summed E-state index contributed by atoms with van der Waals surface area (Å²) in [6, 6.07) is 16.6. The smallest absolute Gasteiger partial charge is 0.272 e. The second-order valence-corrected chi connectivity index (χ2v) is 9.49. The number of rotatable bonds is 8. The molecule has 1 N–H and O–H groups in total. The van der Waals surface area contributed by atoms with E-state index < -0.39 is 0 Å². The summed E-state index contributed by atoms with van der Waals surface area (Å²) in [7, 11) is 0. The number of hydrogen-bond donors (Lipinski definition) is 1. The number of fused-ring (bicyclic) bond motifs is 1. The average Bonchev–Trinajstić information content (AvgIpc) is 3.69. The van der Waals surface area contributed by atoms with Crippen molar-refractivity contribution in [2.24, 2.45) is 0 Å². The zero-order valence-electron chi connectivity index (χ0n) is 20.3. The van der Waals surface area contributed by atoms with Crippen LogP contribution in [0.15, 0.2) is 67.0 Å². The molecule has 8 heteroatoms.